The first-order valence-electron chi connectivity index (χ1n) is 15.8. The number of nitrogens with one attached hydrogen (secondary N) is 3. The molecule has 3 heterocycles. The van der Waals surface area contributed by atoms with Gasteiger partial charge in [0.25, 0.3) is 0 Å². The van der Waals surface area contributed by atoms with Gasteiger partial charge in [-0.3, -0.25) is 9.72 Å². The lowest BCUT2D eigenvalue weighted by molar-refractivity contribution is 0.128. The fraction of sp³-hybridized carbons (Fsp3) is 0.278. The monoisotopic (exact) mass is 680 g/mol. The summed E-state index contributed by atoms with van der Waals surface area (Å²) in [7, 11) is 1.61. The minimum Gasteiger partial charge on any atom is -0.497 e. The molecule has 13 heteroatoms. The molecule has 49 heavy (non-hydrogen) atoms. The number of fused-ring (bicyclic) bond motifs is 3. The summed E-state index contributed by atoms with van der Waals surface area (Å²) in [5.41, 5.74) is 3.65. The number of methoxy groups -OCH3 is 1. The molecule has 0 atom stereocenters. The first-order chi connectivity index (χ1) is 23.6. The van der Waals surface area contributed by atoms with Crippen molar-refractivity contribution < 1.29 is 28.3 Å². The number of alkyl carbamates (subject to hydrolysis) is 1. The van der Waals surface area contributed by atoms with Gasteiger partial charge >= 0.3 is 12.1 Å². The standard InChI is InChI=1S/C36H36N6O6S/c1-35(2,3)30-18-31(41-48-30)39-32(43)37-24-9-7-23(8-10-24)27-19-42-28-14-13-26(17-29(28)49-33(42)38-27)47-21-36(15-16-36)40-34(44)46-20-22-5-11-25(45-4)12-6-22/h5-14,17-19H,15-16,20-21H2,1-4H3,(H,40,44)(H2,37,39,41,43). The van der Waals surface area contributed by atoms with Gasteiger partial charge in [0.1, 0.15) is 30.5 Å². The van der Waals surface area contributed by atoms with Crippen LogP contribution in [0.25, 0.3) is 26.4 Å². The van der Waals surface area contributed by atoms with Crippen LogP contribution in [-0.2, 0) is 16.8 Å². The number of anilines is 2. The van der Waals surface area contributed by atoms with Crippen molar-refractivity contribution in [2.75, 3.05) is 24.4 Å². The molecule has 12 nitrogen and oxygen atoms in total. The molecule has 0 aliphatic heterocycles. The highest BCUT2D eigenvalue weighted by Gasteiger charge is 2.45. The first-order valence-corrected chi connectivity index (χ1v) is 16.7. The van der Waals surface area contributed by atoms with Crippen LogP contribution >= 0.6 is 11.3 Å². The Hall–Kier alpha value is -5.56. The fourth-order valence-corrected chi connectivity index (χ4v) is 6.24. The molecule has 0 bridgehead atoms. The number of benzene rings is 3. The summed E-state index contributed by atoms with van der Waals surface area (Å²) in [5, 5.41) is 12.4. The van der Waals surface area contributed by atoms with E-state index >= 15 is 0 Å². The summed E-state index contributed by atoms with van der Waals surface area (Å²) >= 11 is 1.57. The van der Waals surface area contributed by atoms with E-state index < -0.39 is 17.7 Å². The number of urea groups is 1. The third-order valence-corrected chi connectivity index (χ3v) is 9.28. The number of carbonyl (C=O) groups excluding carboxylic acids is 2. The van der Waals surface area contributed by atoms with Crippen LogP contribution in [0.3, 0.4) is 0 Å². The lowest BCUT2D eigenvalue weighted by Gasteiger charge is -2.18. The van der Waals surface area contributed by atoms with Crippen LogP contribution in [0.1, 0.15) is 44.9 Å². The first kappa shape index (κ1) is 32.0. The predicted molar refractivity (Wildman–Crippen MR) is 188 cm³/mol. The number of thiazole rings is 1. The SMILES string of the molecule is COc1ccc(COC(=O)NC2(COc3ccc4c(c3)sc3nc(-c5ccc(NC(=O)Nc6cc(C(C)(C)C)on6)cc5)cn34)CC2)cc1. The molecule has 0 spiro atoms. The van der Waals surface area contributed by atoms with Gasteiger partial charge in [0.15, 0.2) is 10.8 Å². The number of nitrogens with zero attached hydrogens (tertiary/aromatic N) is 3. The van der Waals surface area contributed by atoms with E-state index in [-0.39, 0.29) is 12.0 Å². The number of carbonyl (C=O) groups is 2. The summed E-state index contributed by atoms with van der Waals surface area (Å²) in [5.74, 6) is 2.52. The van der Waals surface area contributed by atoms with E-state index in [0.29, 0.717) is 23.9 Å². The van der Waals surface area contributed by atoms with Crippen molar-refractivity contribution >= 4 is 50.1 Å². The molecule has 1 aliphatic rings. The maximum atomic E-state index is 12.5. The summed E-state index contributed by atoms with van der Waals surface area (Å²) in [6.07, 6.45) is 3.20. The summed E-state index contributed by atoms with van der Waals surface area (Å²) in [6.45, 7) is 6.56. The summed E-state index contributed by atoms with van der Waals surface area (Å²) < 4.78 is 25.2. The van der Waals surface area contributed by atoms with Gasteiger partial charge in [0.2, 0.25) is 0 Å². The molecular weight excluding hydrogens is 644 g/mol. The number of hydrogen-bond donors (Lipinski definition) is 3. The second kappa shape index (κ2) is 12.8. The highest BCUT2D eigenvalue weighted by Crippen LogP contribution is 2.37. The van der Waals surface area contributed by atoms with Gasteiger partial charge in [-0.1, -0.05) is 61.5 Å². The Balaban J connectivity index is 0.932. The molecule has 0 radical (unpaired) electrons. The normalized spacial score (nSPS) is 13.6. The lowest BCUT2D eigenvalue weighted by atomic mass is 9.93. The molecule has 252 valence electrons. The van der Waals surface area contributed by atoms with E-state index in [1.165, 1.54) is 0 Å². The molecule has 3 aromatic carbocycles. The second-order valence-corrected chi connectivity index (χ2v) is 14.1. The third-order valence-electron chi connectivity index (χ3n) is 8.26. The van der Waals surface area contributed by atoms with Crippen LogP contribution in [0.15, 0.2) is 83.5 Å². The van der Waals surface area contributed by atoms with Crippen LogP contribution in [0.5, 0.6) is 11.5 Å². The van der Waals surface area contributed by atoms with Crippen LogP contribution < -0.4 is 25.4 Å². The zero-order valence-electron chi connectivity index (χ0n) is 27.5. The van der Waals surface area contributed by atoms with E-state index in [9.17, 15) is 9.59 Å². The molecule has 1 fully saturated rings. The number of aromatic nitrogens is 3. The van der Waals surface area contributed by atoms with Crippen LogP contribution in [0, 0.1) is 0 Å². The minimum atomic E-state index is -0.461. The molecule has 6 aromatic rings. The van der Waals surface area contributed by atoms with E-state index in [4.69, 9.17) is 23.7 Å². The van der Waals surface area contributed by atoms with Crippen LogP contribution in [0.2, 0.25) is 0 Å². The average molecular weight is 681 g/mol. The average Bonchev–Trinajstić information content (AvgIpc) is 3.37. The number of hydrogen-bond acceptors (Lipinski definition) is 9. The van der Waals surface area contributed by atoms with Gasteiger partial charge in [-0.2, -0.15) is 0 Å². The van der Waals surface area contributed by atoms with Gasteiger partial charge in [-0.25, -0.2) is 14.6 Å². The molecule has 0 saturated heterocycles. The molecule has 3 N–H and O–H groups in total. The second-order valence-electron chi connectivity index (χ2n) is 13.1. The number of amides is 3. The Labute approximate surface area is 286 Å². The van der Waals surface area contributed by atoms with Gasteiger partial charge < -0.3 is 29.4 Å². The van der Waals surface area contributed by atoms with Gasteiger partial charge in [0, 0.05) is 28.9 Å². The largest absolute Gasteiger partial charge is 0.497 e. The zero-order valence-corrected chi connectivity index (χ0v) is 28.3. The predicted octanol–water partition coefficient (Wildman–Crippen LogP) is 7.99. The van der Waals surface area contributed by atoms with Gasteiger partial charge in [-0.15, -0.1) is 0 Å². The van der Waals surface area contributed by atoms with Crippen molar-refractivity contribution in [3.05, 3.63) is 90.3 Å². The molecule has 1 saturated carbocycles. The van der Waals surface area contributed by atoms with E-state index in [0.717, 1.165) is 56.3 Å². The number of imidazole rings is 1. The topological polar surface area (TPSA) is 141 Å². The minimum absolute atomic E-state index is 0.177. The highest BCUT2D eigenvalue weighted by molar-refractivity contribution is 7.23. The Morgan fingerprint density at radius 3 is 2.43 bits per heavy atom. The Kier molecular flexibility index (Phi) is 8.37. The molecule has 7 rings (SSSR count). The van der Waals surface area contributed by atoms with Crippen LogP contribution in [-0.4, -0.2) is 45.9 Å². The van der Waals surface area contributed by atoms with E-state index in [1.54, 1.807) is 24.5 Å². The van der Waals surface area contributed by atoms with Crippen LogP contribution in [0.4, 0.5) is 21.1 Å². The Morgan fingerprint density at radius 2 is 1.73 bits per heavy atom. The molecular formula is C36H36N6O6S. The molecule has 3 aromatic heterocycles. The summed E-state index contributed by atoms with van der Waals surface area (Å²) in [6, 6.07) is 22.1. The number of ether oxygens (including phenoxy) is 3. The maximum Gasteiger partial charge on any atom is 0.408 e. The lowest BCUT2D eigenvalue weighted by Crippen LogP contribution is -2.41. The quantitative estimate of drug-likeness (QED) is 0.132. The Morgan fingerprint density at radius 1 is 0.980 bits per heavy atom. The van der Waals surface area contributed by atoms with Crippen molar-refractivity contribution in [1.82, 2.24) is 19.9 Å². The number of rotatable bonds is 10. The van der Waals surface area contributed by atoms with E-state index in [1.807, 2.05) is 93.7 Å². The smallest absolute Gasteiger partial charge is 0.408 e. The third kappa shape index (κ3) is 7.31. The van der Waals surface area contributed by atoms with Gasteiger partial charge in [-0.05, 0) is 60.9 Å². The molecule has 0 unspecified atom stereocenters. The highest BCUT2D eigenvalue weighted by atomic mass is 32.1. The maximum absolute atomic E-state index is 12.5. The van der Waals surface area contributed by atoms with Gasteiger partial charge in [0.05, 0.1) is 28.6 Å². The molecule has 1 aliphatic carbocycles. The van der Waals surface area contributed by atoms with E-state index in [2.05, 4.69) is 25.5 Å². The van der Waals surface area contributed by atoms with Crippen molar-refractivity contribution in [3.8, 4) is 22.8 Å². The van der Waals surface area contributed by atoms with Crippen molar-refractivity contribution in [2.24, 2.45) is 0 Å². The van der Waals surface area contributed by atoms with Crippen molar-refractivity contribution in [3.63, 3.8) is 0 Å². The Bertz CT molecular complexity index is 2120. The van der Waals surface area contributed by atoms with Crippen molar-refractivity contribution in [1.29, 1.82) is 0 Å². The summed E-state index contributed by atoms with van der Waals surface area (Å²) in [4.78, 5) is 30.7. The zero-order chi connectivity index (χ0) is 34.2. The van der Waals surface area contributed by atoms with Crippen molar-refractivity contribution in [2.45, 2.75) is 51.2 Å². The molecule has 3 amide bonds. The fourth-order valence-electron chi connectivity index (χ4n) is 5.20.